The highest BCUT2D eigenvalue weighted by atomic mass is 79.9. The molecule has 1 N–H and O–H groups in total. The number of carbonyl (C=O) groups excluding carboxylic acids is 1. The third kappa shape index (κ3) is 6.36. The van der Waals surface area contributed by atoms with Crippen molar-refractivity contribution in [3.8, 4) is 5.75 Å². The number of nitrogens with zero attached hydrogens (tertiary/aromatic N) is 1. The van der Waals surface area contributed by atoms with Gasteiger partial charge in [-0.25, -0.2) is 9.79 Å². The zero-order valence-electron chi connectivity index (χ0n) is 18.7. The summed E-state index contributed by atoms with van der Waals surface area (Å²) in [5, 5.41) is 11.9. The van der Waals surface area contributed by atoms with Crippen molar-refractivity contribution in [2.45, 2.75) is 13.5 Å². The molecule has 178 valence electrons. The minimum absolute atomic E-state index is 0.0638. The Hall–Kier alpha value is -3.00. The Morgan fingerprint density at radius 1 is 1.11 bits per heavy atom. The number of halogens is 2. The van der Waals surface area contributed by atoms with Gasteiger partial charge in [0.2, 0.25) is 0 Å². The molecule has 3 aromatic carbocycles. The predicted molar refractivity (Wildman–Crippen MR) is 145 cm³/mol. The second-order valence-electron chi connectivity index (χ2n) is 7.41. The zero-order chi connectivity index (χ0) is 24.8. The molecule has 1 aliphatic rings. The van der Waals surface area contributed by atoms with Crippen molar-refractivity contribution in [1.82, 2.24) is 0 Å². The maximum atomic E-state index is 12.6. The first kappa shape index (κ1) is 25.1. The smallest absolute Gasteiger partial charge is 0.344 e. The summed E-state index contributed by atoms with van der Waals surface area (Å²) in [7, 11) is 0. The quantitative estimate of drug-likeness (QED) is 0.293. The third-order valence-electron chi connectivity index (χ3n) is 4.92. The normalized spacial score (nSPS) is 15.6. The van der Waals surface area contributed by atoms with E-state index in [2.05, 4.69) is 20.9 Å². The van der Waals surface area contributed by atoms with Gasteiger partial charge in [-0.15, -0.1) is 0 Å². The molecule has 0 radical (unpaired) electrons. The SMILES string of the molecule is CCOC(=O)C1=C(O)/C(=C/c2ccc(OCc3ccc(Cl)cc3)c(Br)c2)SC1=Nc1ccccc1. The summed E-state index contributed by atoms with van der Waals surface area (Å²) in [6, 6.07) is 22.3. The second kappa shape index (κ2) is 11.6. The number of benzene rings is 3. The number of rotatable bonds is 7. The fraction of sp³-hybridized carbons (Fsp3) is 0.111. The van der Waals surface area contributed by atoms with Gasteiger partial charge in [-0.1, -0.05) is 59.8 Å². The van der Waals surface area contributed by atoms with Crippen molar-refractivity contribution in [3.05, 3.63) is 110 Å². The van der Waals surface area contributed by atoms with Crippen LogP contribution in [0.4, 0.5) is 5.69 Å². The minimum Gasteiger partial charge on any atom is -0.506 e. The number of ether oxygens (including phenoxy) is 2. The Morgan fingerprint density at radius 3 is 2.54 bits per heavy atom. The van der Waals surface area contributed by atoms with Crippen molar-refractivity contribution in [3.63, 3.8) is 0 Å². The van der Waals surface area contributed by atoms with Crippen LogP contribution >= 0.6 is 39.3 Å². The summed E-state index contributed by atoms with van der Waals surface area (Å²) in [5.41, 5.74) is 2.56. The van der Waals surface area contributed by atoms with Crippen LogP contribution < -0.4 is 4.74 Å². The summed E-state index contributed by atoms with van der Waals surface area (Å²) in [6.45, 7) is 2.32. The van der Waals surface area contributed by atoms with Crippen molar-refractivity contribution in [1.29, 1.82) is 0 Å². The van der Waals surface area contributed by atoms with E-state index >= 15 is 0 Å². The van der Waals surface area contributed by atoms with Gasteiger partial charge in [0.1, 0.15) is 28.7 Å². The van der Waals surface area contributed by atoms with E-state index in [1.54, 1.807) is 13.0 Å². The van der Waals surface area contributed by atoms with E-state index in [1.165, 1.54) is 11.8 Å². The Balaban J connectivity index is 1.58. The van der Waals surface area contributed by atoms with Crippen LogP contribution in [0.5, 0.6) is 5.75 Å². The molecule has 5 nitrogen and oxygen atoms in total. The first-order valence-electron chi connectivity index (χ1n) is 10.8. The van der Waals surface area contributed by atoms with E-state index in [9.17, 15) is 9.90 Å². The number of thioether (sulfide) groups is 1. The molecule has 3 aromatic rings. The maximum Gasteiger partial charge on any atom is 0.344 e. The average molecular weight is 571 g/mol. The highest BCUT2D eigenvalue weighted by Gasteiger charge is 2.33. The minimum atomic E-state index is -0.609. The Kier molecular flexibility index (Phi) is 8.33. The third-order valence-corrected chi connectivity index (χ3v) is 6.81. The number of aliphatic hydroxyl groups is 1. The molecule has 8 heteroatoms. The van der Waals surface area contributed by atoms with Crippen LogP contribution in [0.25, 0.3) is 6.08 Å². The van der Waals surface area contributed by atoms with E-state index in [4.69, 9.17) is 21.1 Å². The van der Waals surface area contributed by atoms with Crippen LogP contribution in [0.15, 0.2) is 98.5 Å². The fourth-order valence-corrected chi connectivity index (χ4v) is 4.90. The second-order valence-corrected chi connectivity index (χ2v) is 9.73. The summed E-state index contributed by atoms with van der Waals surface area (Å²) in [4.78, 5) is 17.6. The summed E-state index contributed by atoms with van der Waals surface area (Å²) < 4.78 is 11.8. The maximum absolute atomic E-state index is 12.6. The average Bonchev–Trinajstić information content (AvgIpc) is 3.14. The Morgan fingerprint density at radius 2 is 1.86 bits per heavy atom. The van der Waals surface area contributed by atoms with Crippen molar-refractivity contribution in [2.75, 3.05) is 6.61 Å². The van der Waals surface area contributed by atoms with Crippen molar-refractivity contribution >= 4 is 62.1 Å². The van der Waals surface area contributed by atoms with Gasteiger partial charge in [0, 0.05) is 5.02 Å². The molecule has 0 atom stereocenters. The summed E-state index contributed by atoms with van der Waals surface area (Å²) >= 11 is 10.7. The number of carbonyl (C=O) groups is 1. The van der Waals surface area contributed by atoms with Gasteiger partial charge in [0.25, 0.3) is 0 Å². The number of aliphatic imine (C=N–C) groups is 1. The first-order chi connectivity index (χ1) is 16.9. The molecule has 0 amide bonds. The van der Waals surface area contributed by atoms with Gasteiger partial charge in [-0.3, -0.25) is 0 Å². The van der Waals surface area contributed by atoms with Gasteiger partial charge in [-0.2, -0.15) is 0 Å². The predicted octanol–water partition coefficient (Wildman–Crippen LogP) is 7.87. The van der Waals surface area contributed by atoms with E-state index in [1.807, 2.05) is 72.8 Å². The Bertz CT molecular complexity index is 1320. The van der Waals surface area contributed by atoms with E-state index in [0.29, 0.717) is 33.0 Å². The molecule has 1 aliphatic heterocycles. The molecule has 1 heterocycles. The van der Waals surface area contributed by atoms with Crippen LogP contribution in [-0.2, 0) is 16.1 Å². The molecular weight excluding hydrogens is 550 g/mol. The first-order valence-corrected chi connectivity index (χ1v) is 12.7. The monoisotopic (exact) mass is 569 g/mol. The Labute approximate surface area is 221 Å². The fourth-order valence-electron chi connectivity index (χ4n) is 3.23. The molecule has 0 aromatic heterocycles. The van der Waals surface area contributed by atoms with Crippen LogP contribution in [0.3, 0.4) is 0 Å². The topological polar surface area (TPSA) is 68.1 Å². The van der Waals surface area contributed by atoms with Crippen LogP contribution in [0.2, 0.25) is 5.02 Å². The van der Waals surface area contributed by atoms with Crippen LogP contribution in [0.1, 0.15) is 18.1 Å². The van der Waals surface area contributed by atoms with E-state index < -0.39 is 5.97 Å². The molecule has 0 saturated heterocycles. The summed E-state index contributed by atoms with van der Waals surface area (Å²) in [6.07, 6.45) is 1.79. The molecule has 0 bridgehead atoms. The number of aliphatic hydroxyl groups excluding tert-OH is 1. The summed E-state index contributed by atoms with van der Waals surface area (Å²) in [5.74, 6) is -0.0792. The number of para-hydroxylation sites is 1. The number of esters is 1. The molecular formula is C27H21BrClNO4S. The van der Waals surface area contributed by atoms with Crippen molar-refractivity contribution < 1.29 is 19.4 Å². The largest absolute Gasteiger partial charge is 0.506 e. The lowest BCUT2D eigenvalue weighted by Gasteiger charge is -2.09. The van der Waals surface area contributed by atoms with Crippen molar-refractivity contribution in [2.24, 2.45) is 4.99 Å². The highest BCUT2D eigenvalue weighted by Crippen LogP contribution is 2.40. The van der Waals surface area contributed by atoms with E-state index in [0.717, 1.165) is 15.6 Å². The molecule has 4 rings (SSSR count). The van der Waals surface area contributed by atoms with Gasteiger partial charge < -0.3 is 14.6 Å². The van der Waals surface area contributed by atoms with Gasteiger partial charge in [0.05, 0.1) is 21.7 Å². The lowest BCUT2D eigenvalue weighted by atomic mass is 10.1. The molecule has 35 heavy (non-hydrogen) atoms. The van der Waals surface area contributed by atoms with Crippen LogP contribution in [-0.4, -0.2) is 22.7 Å². The van der Waals surface area contributed by atoms with Crippen LogP contribution in [0, 0.1) is 0 Å². The van der Waals surface area contributed by atoms with Gasteiger partial charge in [-0.05, 0) is 76.5 Å². The number of hydrogen-bond donors (Lipinski definition) is 1. The zero-order valence-corrected chi connectivity index (χ0v) is 21.9. The molecule has 0 saturated carbocycles. The van der Waals surface area contributed by atoms with E-state index in [-0.39, 0.29) is 17.9 Å². The van der Waals surface area contributed by atoms with Gasteiger partial charge in [0.15, 0.2) is 0 Å². The lowest BCUT2D eigenvalue weighted by molar-refractivity contribution is -0.138. The standard InChI is InChI=1S/C27H21BrClNO4S/c1-2-33-27(32)24-25(31)23(35-26(24)30-20-6-4-3-5-7-20)15-18-10-13-22(21(28)14-18)34-16-17-8-11-19(29)12-9-17/h3-15,31H,2,16H2,1H3/b23-15-,30-26?. The lowest BCUT2D eigenvalue weighted by Crippen LogP contribution is -2.12. The molecule has 0 fully saturated rings. The highest BCUT2D eigenvalue weighted by molar-refractivity contribution is 9.10. The van der Waals surface area contributed by atoms with Gasteiger partial charge >= 0.3 is 5.97 Å². The number of hydrogen-bond acceptors (Lipinski definition) is 6. The molecule has 0 aliphatic carbocycles. The molecule has 0 unspecified atom stereocenters. The molecule has 0 spiro atoms.